The first-order valence-electron chi connectivity index (χ1n) is 4.32. The van der Waals surface area contributed by atoms with Crippen LogP contribution in [0.2, 0.25) is 0 Å². The Morgan fingerprint density at radius 3 is 2.67 bits per heavy atom. The van der Waals surface area contributed by atoms with Crippen molar-refractivity contribution < 1.29 is 17.9 Å². The number of nitrogens with zero attached hydrogens (tertiary/aromatic N) is 1. The zero-order chi connectivity index (χ0) is 10.9. The van der Waals surface area contributed by atoms with Crippen LogP contribution >= 0.6 is 0 Å². The molecular formula is C10H7F3NO. The Balaban J connectivity index is 2.42. The maximum absolute atomic E-state index is 12.6. The molecule has 0 aromatic heterocycles. The maximum Gasteiger partial charge on any atom is 0.416 e. The summed E-state index contributed by atoms with van der Waals surface area (Å²) in [5, 5.41) is 0. The fourth-order valence-electron chi connectivity index (χ4n) is 1.46. The van der Waals surface area contributed by atoms with Crippen LogP contribution in [0, 0.1) is 0 Å². The van der Waals surface area contributed by atoms with Crippen LogP contribution in [-0.4, -0.2) is 13.0 Å². The van der Waals surface area contributed by atoms with Crippen LogP contribution < -0.4 is 0 Å². The topological polar surface area (TPSA) is 21.6 Å². The summed E-state index contributed by atoms with van der Waals surface area (Å²) in [5.74, 6) is 0. The smallest absolute Gasteiger partial charge is 0.416 e. The molecule has 0 bridgehead atoms. The number of hydrogen-bond donors (Lipinski definition) is 0. The molecule has 1 aromatic rings. The van der Waals surface area contributed by atoms with E-state index in [1.54, 1.807) is 6.07 Å². The highest BCUT2D eigenvalue weighted by molar-refractivity contribution is 5.51. The van der Waals surface area contributed by atoms with Gasteiger partial charge in [-0.1, -0.05) is 18.2 Å². The molecule has 1 aliphatic heterocycles. The van der Waals surface area contributed by atoms with Crippen molar-refractivity contribution in [2.75, 3.05) is 6.61 Å². The molecule has 79 valence electrons. The third-order valence-electron chi connectivity index (χ3n) is 2.14. The molecule has 0 saturated carbocycles. The number of hydrogen-bond acceptors (Lipinski definition) is 2. The summed E-state index contributed by atoms with van der Waals surface area (Å²) in [5.41, 5.74) is -0.527. The quantitative estimate of drug-likeness (QED) is 0.704. The monoisotopic (exact) mass is 214 g/mol. The summed E-state index contributed by atoms with van der Waals surface area (Å²) in [6.07, 6.45) is -2.15. The van der Waals surface area contributed by atoms with E-state index in [1.807, 2.05) is 0 Å². The van der Waals surface area contributed by atoms with Crippen molar-refractivity contribution >= 4 is 6.40 Å². The van der Waals surface area contributed by atoms with Crippen LogP contribution in [0.4, 0.5) is 13.2 Å². The number of rotatable bonds is 1. The highest BCUT2D eigenvalue weighted by Gasteiger charge is 2.35. The third kappa shape index (κ3) is 1.95. The molecule has 1 aliphatic rings. The van der Waals surface area contributed by atoms with E-state index in [9.17, 15) is 13.2 Å². The Labute approximate surface area is 84.4 Å². The molecule has 0 aliphatic carbocycles. The Bertz CT molecular complexity index is 386. The van der Waals surface area contributed by atoms with E-state index in [0.29, 0.717) is 0 Å². The largest absolute Gasteiger partial charge is 0.471 e. The normalized spacial score (nSPS) is 20.3. The SMILES string of the molecule is FC(F)(F)c1ccccc1C1CO[C]=N1. The predicted molar refractivity (Wildman–Crippen MR) is 47.6 cm³/mol. The number of aliphatic imine (C=N–C) groups is 1. The van der Waals surface area contributed by atoms with Crippen LogP contribution in [0.25, 0.3) is 0 Å². The van der Waals surface area contributed by atoms with E-state index in [2.05, 4.69) is 11.4 Å². The lowest BCUT2D eigenvalue weighted by Gasteiger charge is -2.14. The first kappa shape index (κ1) is 10.0. The van der Waals surface area contributed by atoms with Gasteiger partial charge in [-0.05, 0) is 11.6 Å². The maximum atomic E-state index is 12.6. The summed E-state index contributed by atoms with van der Waals surface area (Å²) in [4.78, 5) is 3.71. The van der Waals surface area contributed by atoms with Crippen molar-refractivity contribution in [1.82, 2.24) is 0 Å². The molecule has 1 aromatic carbocycles. The number of benzene rings is 1. The molecule has 2 nitrogen and oxygen atoms in total. The minimum Gasteiger partial charge on any atom is -0.471 e. The molecule has 2 rings (SSSR count). The van der Waals surface area contributed by atoms with E-state index in [4.69, 9.17) is 4.74 Å². The number of alkyl halides is 3. The van der Waals surface area contributed by atoms with Gasteiger partial charge in [0, 0.05) is 0 Å². The fraction of sp³-hybridized carbons (Fsp3) is 0.300. The molecule has 0 saturated heterocycles. The third-order valence-corrected chi connectivity index (χ3v) is 2.14. The molecule has 1 radical (unpaired) electrons. The highest BCUT2D eigenvalue weighted by Crippen LogP contribution is 2.36. The van der Waals surface area contributed by atoms with Gasteiger partial charge in [0.1, 0.15) is 12.6 Å². The molecule has 0 amide bonds. The van der Waals surface area contributed by atoms with Gasteiger partial charge in [-0.2, -0.15) is 13.2 Å². The predicted octanol–water partition coefficient (Wildman–Crippen LogP) is 2.68. The lowest BCUT2D eigenvalue weighted by molar-refractivity contribution is -0.138. The molecular weight excluding hydrogens is 207 g/mol. The molecule has 0 fully saturated rings. The van der Waals surface area contributed by atoms with Crippen LogP contribution in [0.3, 0.4) is 0 Å². The van der Waals surface area contributed by atoms with E-state index in [-0.39, 0.29) is 12.2 Å². The van der Waals surface area contributed by atoms with Gasteiger partial charge in [0.05, 0.1) is 5.56 Å². The van der Waals surface area contributed by atoms with Gasteiger partial charge >= 0.3 is 6.18 Å². The lowest BCUT2D eigenvalue weighted by atomic mass is 10.0. The summed E-state index contributed by atoms with van der Waals surface area (Å²) in [6, 6.07) is 4.77. The fourth-order valence-corrected chi connectivity index (χ4v) is 1.46. The van der Waals surface area contributed by atoms with E-state index in [0.717, 1.165) is 6.07 Å². The Kier molecular flexibility index (Phi) is 2.38. The molecule has 1 heterocycles. The van der Waals surface area contributed by atoms with Gasteiger partial charge in [0.2, 0.25) is 0 Å². The van der Waals surface area contributed by atoms with Crippen LogP contribution in [0.1, 0.15) is 17.2 Å². The molecule has 1 unspecified atom stereocenters. The second-order valence-corrected chi connectivity index (χ2v) is 3.13. The minimum atomic E-state index is -4.35. The summed E-state index contributed by atoms with van der Waals surface area (Å²) in [7, 11) is 0. The molecule has 5 heteroatoms. The Hall–Kier alpha value is -1.52. The summed E-state index contributed by atoms with van der Waals surface area (Å²) < 4.78 is 42.5. The number of halogens is 3. The average Bonchev–Trinajstić information content (AvgIpc) is 2.69. The summed E-state index contributed by atoms with van der Waals surface area (Å²) >= 11 is 0. The second-order valence-electron chi connectivity index (χ2n) is 3.13. The van der Waals surface area contributed by atoms with Crippen molar-refractivity contribution in [3.8, 4) is 0 Å². The van der Waals surface area contributed by atoms with Crippen LogP contribution in [-0.2, 0) is 10.9 Å². The van der Waals surface area contributed by atoms with E-state index < -0.39 is 17.8 Å². The minimum absolute atomic E-state index is 0.118. The Morgan fingerprint density at radius 1 is 1.33 bits per heavy atom. The molecule has 0 spiro atoms. The van der Waals surface area contributed by atoms with Gasteiger partial charge in [-0.15, -0.1) is 0 Å². The van der Waals surface area contributed by atoms with Crippen molar-refractivity contribution in [2.45, 2.75) is 12.2 Å². The van der Waals surface area contributed by atoms with Gasteiger partial charge in [0.25, 0.3) is 6.40 Å². The van der Waals surface area contributed by atoms with Gasteiger partial charge in [0.15, 0.2) is 0 Å². The average molecular weight is 214 g/mol. The number of ether oxygens (including phenoxy) is 1. The first-order valence-corrected chi connectivity index (χ1v) is 4.32. The van der Waals surface area contributed by atoms with Gasteiger partial charge in [-0.3, -0.25) is 0 Å². The lowest BCUT2D eigenvalue weighted by Crippen LogP contribution is -2.11. The van der Waals surface area contributed by atoms with Crippen molar-refractivity contribution in [2.24, 2.45) is 4.99 Å². The molecule has 1 atom stereocenters. The van der Waals surface area contributed by atoms with Gasteiger partial charge in [-0.25, -0.2) is 4.99 Å². The van der Waals surface area contributed by atoms with E-state index >= 15 is 0 Å². The zero-order valence-corrected chi connectivity index (χ0v) is 7.58. The standard InChI is InChI=1S/C10H7F3NO/c11-10(12,13)8-4-2-1-3-7(8)9-5-15-6-14-9/h1-4,9H,5H2. The molecule has 15 heavy (non-hydrogen) atoms. The van der Waals surface area contributed by atoms with Crippen molar-refractivity contribution in [3.05, 3.63) is 35.4 Å². The van der Waals surface area contributed by atoms with E-state index in [1.165, 1.54) is 12.1 Å². The van der Waals surface area contributed by atoms with Crippen molar-refractivity contribution in [1.29, 1.82) is 0 Å². The van der Waals surface area contributed by atoms with Crippen molar-refractivity contribution in [3.63, 3.8) is 0 Å². The first-order chi connectivity index (χ1) is 7.09. The molecule has 0 N–H and O–H groups in total. The highest BCUT2D eigenvalue weighted by atomic mass is 19.4. The van der Waals surface area contributed by atoms with Gasteiger partial charge < -0.3 is 4.74 Å². The summed E-state index contributed by atoms with van der Waals surface area (Å²) in [6.45, 7) is 0.118. The van der Waals surface area contributed by atoms with Crippen LogP contribution in [0.15, 0.2) is 29.3 Å². The van der Waals surface area contributed by atoms with Crippen LogP contribution in [0.5, 0.6) is 0 Å². The zero-order valence-electron chi connectivity index (χ0n) is 7.58. The second kappa shape index (κ2) is 3.56. The Morgan fingerprint density at radius 2 is 2.07 bits per heavy atom.